The van der Waals surface area contributed by atoms with Crippen molar-refractivity contribution >= 4 is 12.2 Å². The number of aldehydes is 1. The molecule has 0 aromatic rings. The zero-order valence-electron chi connectivity index (χ0n) is 12.5. The summed E-state index contributed by atoms with van der Waals surface area (Å²) in [5.74, 6) is 0.771. The first-order valence-electron chi connectivity index (χ1n) is 7.08. The monoisotopic (exact) mass is 255 g/mol. The van der Waals surface area contributed by atoms with Crippen LogP contribution in [0.15, 0.2) is 0 Å². The molecule has 2 N–H and O–H groups in total. The third-order valence-electron chi connectivity index (χ3n) is 4.88. The van der Waals surface area contributed by atoms with E-state index in [0.717, 1.165) is 19.1 Å². The van der Waals surface area contributed by atoms with Crippen LogP contribution in [-0.2, 0) is 9.59 Å². The van der Waals surface area contributed by atoms with E-state index < -0.39 is 0 Å². The van der Waals surface area contributed by atoms with Gasteiger partial charge in [0.05, 0.1) is 0 Å². The number of rotatable bonds is 9. The molecular formula is C15H29NO2. The predicted molar refractivity (Wildman–Crippen MR) is 75.0 cm³/mol. The molecule has 0 bridgehead atoms. The van der Waals surface area contributed by atoms with E-state index in [0.29, 0.717) is 24.7 Å². The van der Waals surface area contributed by atoms with Crippen LogP contribution in [0.4, 0.5) is 0 Å². The van der Waals surface area contributed by atoms with Crippen molar-refractivity contribution in [2.45, 2.75) is 60.3 Å². The molecule has 0 heterocycles. The Kier molecular flexibility index (Phi) is 7.19. The van der Waals surface area contributed by atoms with Crippen molar-refractivity contribution in [1.29, 1.82) is 0 Å². The van der Waals surface area contributed by atoms with Gasteiger partial charge in [0.25, 0.3) is 0 Å². The molecule has 3 nitrogen and oxygen atoms in total. The molecule has 0 aromatic heterocycles. The molecule has 0 aliphatic heterocycles. The van der Waals surface area contributed by atoms with Crippen LogP contribution in [0.1, 0.15) is 60.3 Å². The zero-order valence-corrected chi connectivity index (χ0v) is 12.5. The summed E-state index contributed by atoms with van der Waals surface area (Å²) < 4.78 is 0. The zero-order chi connectivity index (χ0) is 14.3. The smallest absolute Gasteiger partial charge is 0.217 e. The number of carbonyl (C=O) groups excluding carboxylic acids is 2. The Balaban J connectivity index is 4.86. The van der Waals surface area contributed by atoms with Crippen LogP contribution in [0.3, 0.4) is 0 Å². The average Bonchev–Trinajstić information content (AvgIpc) is 2.35. The van der Waals surface area contributed by atoms with E-state index >= 15 is 0 Å². The molecule has 0 radical (unpaired) electrons. The molecule has 18 heavy (non-hydrogen) atoms. The standard InChI is InChI=1S/C15H29NO2/c1-6-13(7-2)12(4)15(5,10-17)11(3)8-9-14(16)18/h10-13H,6-9H2,1-5H3,(H2,16,18). The highest BCUT2D eigenvalue weighted by molar-refractivity contribution is 5.73. The van der Waals surface area contributed by atoms with Gasteiger partial charge in [0, 0.05) is 11.8 Å². The molecule has 3 unspecified atom stereocenters. The van der Waals surface area contributed by atoms with Crippen molar-refractivity contribution in [2.75, 3.05) is 0 Å². The van der Waals surface area contributed by atoms with Crippen LogP contribution >= 0.6 is 0 Å². The molecule has 3 heteroatoms. The third kappa shape index (κ3) is 4.11. The van der Waals surface area contributed by atoms with Crippen molar-refractivity contribution in [2.24, 2.45) is 28.9 Å². The lowest BCUT2D eigenvalue weighted by molar-refractivity contribution is -0.124. The third-order valence-corrected chi connectivity index (χ3v) is 4.88. The largest absolute Gasteiger partial charge is 0.370 e. The second kappa shape index (κ2) is 7.55. The highest BCUT2D eigenvalue weighted by Gasteiger charge is 2.39. The first-order chi connectivity index (χ1) is 8.33. The van der Waals surface area contributed by atoms with E-state index in [4.69, 9.17) is 5.73 Å². The molecule has 0 fully saturated rings. The second-order valence-electron chi connectivity index (χ2n) is 5.76. The summed E-state index contributed by atoms with van der Waals surface area (Å²) in [4.78, 5) is 22.4. The first-order valence-corrected chi connectivity index (χ1v) is 7.08. The van der Waals surface area contributed by atoms with E-state index in [1.165, 1.54) is 0 Å². The first kappa shape index (κ1) is 17.1. The van der Waals surface area contributed by atoms with Crippen LogP contribution in [0.25, 0.3) is 0 Å². The van der Waals surface area contributed by atoms with E-state index in [2.05, 4.69) is 27.7 Å². The maximum Gasteiger partial charge on any atom is 0.217 e. The number of hydrogen-bond donors (Lipinski definition) is 1. The molecule has 0 rings (SSSR count). The number of carbonyl (C=O) groups is 2. The second-order valence-corrected chi connectivity index (χ2v) is 5.76. The SMILES string of the molecule is CCC(CC)C(C)C(C)(C=O)C(C)CCC(N)=O. The summed E-state index contributed by atoms with van der Waals surface area (Å²) in [7, 11) is 0. The van der Waals surface area contributed by atoms with Gasteiger partial charge in [-0.1, -0.05) is 47.5 Å². The van der Waals surface area contributed by atoms with Gasteiger partial charge < -0.3 is 10.5 Å². The van der Waals surface area contributed by atoms with Gasteiger partial charge in [-0.2, -0.15) is 0 Å². The van der Waals surface area contributed by atoms with Crippen molar-refractivity contribution < 1.29 is 9.59 Å². The quantitative estimate of drug-likeness (QED) is 0.643. The molecule has 0 aliphatic carbocycles. The number of hydrogen-bond acceptors (Lipinski definition) is 2. The number of primary amides is 1. The van der Waals surface area contributed by atoms with Crippen molar-refractivity contribution in [3.8, 4) is 0 Å². The fraction of sp³-hybridized carbons (Fsp3) is 0.867. The maximum absolute atomic E-state index is 11.6. The highest BCUT2D eigenvalue weighted by atomic mass is 16.1. The van der Waals surface area contributed by atoms with Gasteiger partial charge in [-0.15, -0.1) is 0 Å². The summed E-state index contributed by atoms with van der Waals surface area (Å²) in [5.41, 5.74) is 4.82. The fourth-order valence-electron chi connectivity index (χ4n) is 2.85. The van der Waals surface area contributed by atoms with Gasteiger partial charge in [0.2, 0.25) is 5.91 Å². The molecule has 0 aromatic carbocycles. The summed E-state index contributed by atoms with van der Waals surface area (Å²) in [6.07, 6.45) is 4.31. The van der Waals surface area contributed by atoms with E-state index in [9.17, 15) is 9.59 Å². The van der Waals surface area contributed by atoms with Crippen LogP contribution in [-0.4, -0.2) is 12.2 Å². The molecule has 1 amide bonds. The van der Waals surface area contributed by atoms with E-state index in [-0.39, 0.29) is 17.2 Å². The molecule has 0 spiro atoms. The number of amides is 1. The lowest BCUT2D eigenvalue weighted by Gasteiger charge is -2.40. The van der Waals surface area contributed by atoms with Gasteiger partial charge in [0.1, 0.15) is 6.29 Å². The van der Waals surface area contributed by atoms with Gasteiger partial charge >= 0.3 is 0 Å². The Bertz CT molecular complexity index is 274. The summed E-state index contributed by atoms with van der Waals surface area (Å²) >= 11 is 0. The molecule has 106 valence electrons. The average molecular weight is 255 g/mol. The Labute approximate surface area is 112 Å². The van der Waals surface area contributed by atoms with Crippen LogP contribution in [0.5, 0.6) is 0 Å². The normalized spacial score (nSPS) is 18.1. The lowest BCUT2D eigenvalue weighted by atomic mass is 9.63. The Morgan fingerprint density at radius 3 is 2.11 bits per heavy atom. The van der Waals surface area contributed by atoms with Crippen molar-refractivity contribution in [1.82, 2.24) is 0 Å². The van der Waals surface area contributed by atoms with E-state index in [1.807, 2.05) is 6.92 Å². The Morgan fingerprint density at radius 2 is 1.78 bits per heavy atom. The maximum atomic E-state index is 11.6. The Morgan fingerprint density at radius 1 is 1.28 bits per heavy atom. The fourth-order valence-corrected chi connectivity index (χ4v) is 2.85. The summed E-state index contributed by atoms with van der Waals surface area (Å²) in [6, 6.07) is 0. The highest BCUT2D eigenvalue weighted by Crippen LogP contribution is 2.41. The van der Waals surface area contributed by atoms with Crippen molar-refractivity contribution in [3.63, 3.8) is 0 Å². The van der Waals surface area contributed by atoms with Gasteiger partial charge in [-0.3, -0.25) is 4.79 Å². The number of nitrogens with two attached hydrogens (primary N) is 1. The molecule has 3 atom stereocenters. The van der Waals surface area contributed by atoms with E-state index in [1.54, 1.807) is 0 Å². The molecule has 0 saturated heterocycles. The van der Waals surface area contributed by atoms with Crippen LogP contribution < -0.4 is 5.73 Å². The molecule has 0 aliphatic rings. The van der Waals surface area contributed by atoms with Crippen molar-refractivity contribution in [3.05, 3.63) is 0 Å². The van der Waals surface area contributed by atoms with Crippen LogP contribution in [0, 0.1) is 23.2 Å². The predicted octanol–water partition coefficient (Wildman–Crippen LogP) is 3.17. The van der Waals surface area contributed by atoms with Gasteiger partial charge in [-0.05, 0) is 24.2 Å². The minimum absolute atomic E-state index is 0.179. The topological polar surface area (TPSA) is 60.2 Å². The van der Waals surface area contributed by atoms with Gasteiger partial charge in [-0.25, -0.2) is 0 Å². The van der Waals surface area contributed by atoms with Crippen LogP contribution in [0.2, 0.25) is 0 Å². The summed E-state index contributed by atoms with van der Waals surface area (Å²) in [5, 5.41) is 0. The minimum atomic E-state index is -0.369. The molecule has 0 saturated carbocycles. The molecular weight excluding hydrogens is 226 g/mol. The summed E-state index contributed by atoms with van der Waals surface area (Å²) in [6.45, 7) is 10.6. The Hall–Kier alpha value is -0.860. The minimum Gasteiger partial charge on any atom is -0.370 e. The van der Waals surface area contributed by atoms with Gasteiger partial charge in [0.15, 0.2) is 0 Å². The lowest BCUT2D eigenvalue weighted by Crippen LogP contribution is -2.38.